The van der Waals surface area contributed by atoms with Gasteiger partial charge in [-0.25, -0.2) is 0 Å². The van der Waals surface area contributed by atoms with E-state index in [9.17, 15) is 4.79 Å². The van der Waals surface area contributed by atoms with E-state index in [2.05, 4.69) is 10.6 Å². The molecule has 19 heavy (non-hydrogen) atoms. The number of aryl methyl sites for hydroxylation is 1. The fraction of sp³-hybridized carbons (Fsp3) is 0.500. The lowest BCUT2D eigenvalue weighted by atomic mass is 10.2. The smallest absolute Gasteiger partial charge is 0.260 e. The number of hydrogen-bond donors (Lipinski definition) is 2. The molecule has 0 heterocycles. The third-order valence-corrected chi connectivity index (χ3v) is 2.55. The van der Waals surface area contributed by atoms with E-state index in [4.69, 9.17) is 4.74 Å². The maximum atomic E-state index is 11.7. The number of benzene rings is 1. The summed E-state index contributed by atoms with van der Waals surface area (Å²) in [5.41, 5.74) is 1.17. The summed E-state index contributed by atoms with van der Waals surface area (Å²) in [6.45, 7) is 8.10. The molecule has 0 aliphatic rings. The van der Waals surface area contributed by atoms with Gasteiger partial charge in [0.15, 0.2) is 6.10 Å². The highest BCUT2D eigenvalue weighted by atomic mass is 35.5. The minimum absolute atomic E-state index is 0. The lowest BCUT2D eigenvalue weighted by Crippen LogP contribution is -2.39. The molecule has 0 saturated carbocycles. The summed E-state index contributed by atoms with van der Waals surface area (Å²) >= 11 is 0. The number of likely N-dealkylation sites (N-methyl/N-ethyl adjacent to an activating group) is 1. The van der Waals surface area contributed by atoms with E-state index in [1.807, 2.05) is 38.1 Å². The van der Waals surface area contributed by atoms with E-state index in [0.717, 1.165) is 18.8 Å². The second-order valence-electron chi connectivity index (χ2n) is 4.22. The number of hydrogen-bond acceptors (Lipinski definition) is 3. The maximum absolute atomic E-state index is 11.7. The van der Waals surface area contributed by atoms with Crippen LogP contribution in [0.15, 0.2) is 24.3 Å². The third kappa shape index (κ3) is 7.03. The molecule has 0 fully saturated rings. The number of carbonyl (C=O) groups is 1. The van der Waals surface area contributed by atoms with Gasteiger partial charge in [-0.2, -0.15) is 0 Å². The molecular formula is C14H23ClN2O2. The first-order valence-corrected chi connectivity index (χ1v) is 6.35. The van der Waals surface area contributed by atoms with Crippen molar-refractivity contribution in [2.45, 2.75) is 26.9 Å². The molecule has 0 aliphatic carbocycles. The summed E-state index contributed by atoms with van der Waals surface area (Å²) in [4.78, 5) is 11.7. The van der Waals surface area contributed by atoms with Crippen LogP contribution in [0.4, 0.5) is 0 Å². The number of ether oxygens (including phenoxy) is 1. The Bertz CT molecular complexity index is 368. The van der Waals surface area contributed by atoms with Gasteiger partial charge >= 0.3 is 0 Å². The minimum atomic E-state index is -0.477. The third-order valence-electron chi connectivity index (χ3n) is 2.55. The molecule has 108 valence electrons. The van der Waals surface area contributed by atoms with Gasteiger partial charge < -0.3 is 15.4 Å². The van der Waals surface area contributed by atoms with Crippen molar-refractivity contribution in [2.24, 2.45) is 0 Å². The van der Waals surface area contributed by atoms with Crippen molar-refractivity contribution in [2.75, 3.05) is 19.6 Å². The highest BCUT2D eigenvalue weighted by molar-refractivity contribution is 5.85. The van der Waals surface area contributed by atoms with Crippen LogP contribution in [0.2, 0.25) is 0 Å². The van der Waals surface area contributed by atoms with Crippen LogP contribution in [0.3, 0.4) is 0 Å². The predicted octanol–water partition coefficient (Wildman–Crippen LogP) is 1.91. The predicted molar refractivity (Wildman–Crippen MR) is 80.1 cm³/mol. The van der Waals surface area contributed by atoms with Gasteiger partial charge in [-0.1, -0.05) is 24.6 Å². The molecule has 2 N–H and O–H groups in total. The summed E-state index contributed by atoms with van der Waals surface area (Å²) in [6, 6.07) is 7.67. The Labute approximate surface area is 121 Å². The lowest BCUT2D eigenvalue weighted by Gasteiger charge is -2.14. The van der Waals surface area contributed by atoms with Gasteiger partial charge in [0.2, 0.25) is 0 Å². The second-order valence-corrected chi connectivity index (χ2v) is 4.22. The summed E-state index contributed by atoms with van der Waals surface area (Å²) in [6.07, 6.45) is -0.477. The van der Waals surface area contributed by atoms with Crippen molar-refractivity contribution in [1.82, 2.24) is 10.6 Å². The topological polar surface area (TPSA) is 50.4 Å². The van der Waals surface area contributed by atoms with Gasteiger partial charge in [0.25, 0.3) is 5.91 Å². The van der Waals surface area contributed by atoms with Crippen LogP contribution in [-0.2, 0) is 4.79 Å². The number of amides is 1. The average molecular weight is 287 g/mol. The highest BCUT2D eigenvalue weighted by Gasteiger charge is 2.13. The van der Waals surface area contributed by atoms with Crippen LogP contribution in [0.25, 0.3) is 0 Å². The molecule has 0 aliphatic heterocycles. The Kier molecular flexibility index (Phi) is 9.00. The zero-order valence-electron chi connectivity index (χ0n) is 11.7. The van der Waals surface area contributed by atoms with E-state index in [-0.39, 0.29) is 18.3 Å². The Morgan fingerprint density at radius 2 is 1.89 bits per heavy atom. The van der Waals surface area contributed by atoms with Gasteiger partial charge in [-0.3, -0.25) is 4.79 Å². The van der Waals surface area contributed by atoms with E-state index in [0.29, 0.717) is 6.54 Å². The average Bonchev–Trinajstić information content (AvgIpc) is 2.37. The van der Waals surface area contributed by atoms with E-state index in [1.165, 1.54) is 5.56 Å². The quantitative estimate of drug-likeness (QED) is 0.753. The number of rotatable bonds is 7. The molecule has 0 saturated heterocycles. The first-order valence-electron chi connectivity index (χ1n) is 6.35. The number of nitrogens with one attached hydrogen (secondary N) is 2. The zero-order valence-corrected chi connectivity index (χ0v) is 12.5. The summed E-state index contributed by atoms with van der Waals surface area (Å²) in [5.74, 6) is 0.628. The van der Waals surface area contributed by atoms with Crippen molar-refractivity contribution < 1.29 is 9.53 Å². The van der Waals surface area contributed by atoms with Crippen molar-refractivity contribution in [3.63, 3.8) is 0 Å². The first kappa shape index (κ1) is 17.7. The molecule has 1 rings (SSSR count). The Morgan fingerprint density at radius 1 is 1.26 bits per heavy atom. The van der Waals surface area contributed by atoms with Gasteiger partial charge in [-0.05, 0) is 32.5 Å². The van der Waals surface area contributed by atoms with E-state index < -0.39 is 6.10 Å². The van der Waals surface area contributed by atoms with Crippen molar-refractivity contribution >= 4 is 18.3 Å². The Hall–Kier alpha value is -1.26. The van der Waals surface area contributed by atoms with Crippen LogP contribution in [0.1, 0.15) is 19.4 Å². The van der Waals surface area contributed by atoms with Crippen molar-refractivity contribution in [1.29, 1.82) is 0 Å². The molecule has 1 atom stereocenters. The van der Waals surface area contributed by atoms with Gasteiger partial charge in [0.05, 0.1) is 0 Å². The molecule has 0 spiro atoms. The number of halogens is 1. The summed E-state index contributed by atoms with van der Waals surface area (Å²) in [5, 5.41) is 5.97. The van der Waals surface area contributed by atoms with Crippen molar-refractivity contribution in [3.8, 4) is 5.75 Å². The molecule has 0 bridgehead atoms. The fourth-order valence-electron chi connectivity index (χ4n) is 1.47. The molecule has 4 nitrogen and oxygen atoms in total. The van der Waals surface area contributed by atoms with E-state index >= 15 is 0 Å². The maximum Gasteiger partial charge on any atom is 0.260 e. The van der Waals surface area contributed by atoms with E-state index in [1.54, 1.807) is 6.92 Å². The molecular weight excluding hydrogens is 264 g/mol. The molecule has 1 aromatic rings. The van der Waals surface area contributed by atoms with Crippen LogP contribution in [0.5, 0.6) is 5.75 Å². The summed E-state index contributed by atoms with van der Waals surface area (Å²) in [7, 11) is 0. The minimum Gasteiger partial charge on any atom is -0.481 e. The molecule has 1 aromatic carbocycles. The monoisotopic (exact) mass is 286 g/mol. The van der Waals surface area contributed by atoms with Crippen LogP contribution in [-0.4, -0.2) is 31.6 Å². The molecule has 5 heteroatoms. The van der Waals surface area contributed by atoms with Crippen LogP contribution < -0.4 is 15.4 Å². The molecule has 0 aromatic heterocycles. The Morgan fingerprint density at radius 3 is 2.47 bits per heavy atom. The van der Waals surface area contributed by atoms with Gasteiger partial charge in [0.1, 0.15) is 5.75 Å². The molecule has 1 unspecified atom stereocenters. The normalized spacial score (nSPS) is 11.3. The Balaban J connectivity index is 0.00000324. The van der Waals surface area contributed by atoms with Crippen molar-refractivity contribution in [3.05, 3.63) is 29.8 Å². The van der Waals surface area contributed by atoms with Crippen LogP contribution >= 0.6 is 12.4 Å². The first-order chi connectivity index (χ1) is 8.63. The second kappa shape index (κ2) is 9.64. The fourth-order valence-corrected chi connectivity index (χ4v) is 1.47. The zero-order chi connectivity index (χ0) is 13.4. The molecule has 1 amide bonds. The lowest BCUT2D eigenvalue weighted by molar-refractivity contribution is -0.127. The standard InChI is InChI=1S/C14H22N2O2.ClH/c1-4-15-9-10-16-14(17)12(3)18-13-7-5-11(2)6-8-13;/h5-8,12,15H,4,9-10H2,1-3H3,(H,16,17);1H. The largest absolute Gasteiger partial charge is 0.481 e. The SMILES string of the molecule is CCNCCNC(=O)C(C)Oc1ccc(C)cc1.Cl. The van der Waals surface area contributed by atoms with Gasteiger partial charge in [-0.15, -0.1) is 12.4 Å². The molecule has 0 radical (unpaired) electrons. The summed E-state index contributed by atoms with van der Waals surface area (Å²) < 4.78 is 5.56. The van der Waals surface area contributed by atoms with Gasteiger partial charge in [0, 0.05) is 13.1 Å². The van der Waals surface area contributed by atoms with Crippen LogP contribution in [0, 0.1) is 6.92 Å². The number of carbonyl (C=O) groups excluding carboxylic acids is 1. The highest BCUT2D eigenvalue weighted by Crippen LogP contribution is 2.13.